The summed E-state index contributed by atoms with van der Waals surface area (Å²) in [5.74, 6) is 0.945. The molecule has 0 unspecified atom stereocenters. The van der Waals surface area contributed by atoms with Crippen LogP contribution in [0.1, 0.15) is 46.5 Å². The van der Waals surface area contributed by atoms with Crippen LogP contribution < -0.4 is 9.44 Å². The molecule has 0 aromatic heterocycles. The maximum Gasteiger partial charge on any atom is 0.0184 e. The van der Waals surface area contributed by atoms with Crippen molar-refractivity contribution in [1.29, 1.82) is 0 Å². The molecule has 1 saturated carbocycles. The standard InChI is InChI=1S/C10H22N2S/c1-8(2)11-13-12-10-6-4-9(3)5-7-10/h8-12H,4-7H2,1-3H3. The van der Waals surface area contributed by atoms with Crippen molar-refractivity contribution < 1.29 is 0 Å². The maximum atomic E-state index is 3.48. The van der Waals surface area contributed by atoms with Gasteiger partial charge in [0.25, 0.3) is 0 Å². The Morgan fingerprint density at radius 3 is 2.31 bits per heavy atom. The zero-order chi connectivity index (χ0) is 9.68. The highest BCUT2D eigenvalue weighted by Crippen LogP contribution is 2.24. The van der Waals surface area contributed by atoms with E-state index >= 15 is 0 Å². The van der Waals surface area contributed by atoms with E-state index in [9.17, 15) is 0 Å². The molecule has 1 aliphatic carbocycles. The summed E-state index contributed by atoms with van der Waals surface area (Å²) in [6, 6.07) is 1.28. The molecule has 13 heavy (non-hydrogen) atoms. The summed E-state index contributed by atoms with van der Waals surface area (Å²) in [5, 5.41) is 0. The second kappa shape index (κ2) is 5.89. The predicted octanol–water partition coefficient (Wildman–Crippen LogP) is 2.72. The van der Waals surface area contributed by atoms with Gasteiger partial charge in [-0.1, -0.05) is 6.92 Å². The smallest absolute Gasteiger partial charge is 0.0184 e. The van der Waals surface area contributed by atoms with Crippen molar-refractivity contribution in [3.63, 3.8) is 0 Å². The molecule has 0 amide bonds. The van der Waals surface area contributed by atoms with E-state index in [0.29, 0.717) is 6.04 Å². The van der Waals surface area contributed by atoms with Gasteiger partial charge in [-0.3, -0.25) is 0 Å². The average molecular weight is 202 g/mol. The summed E-state index contributed by atoms with van der Waals surface area (Å²) in [6.07, 6.45) is 5.46. The van der Waals surface area contributed by atoms with Crippen molar-refractivity contribution in [1.82, 2.24) is 9.44 Å². The quantitative estimate of drug-likeness (QED) is 0.685. The van der Waals surface area contributed by atoms with Crippen LogP contribution in [0.4, 0.5) is 0 Å². The first-order valence-electron chi connectivity index (χ1n) is 5.35. The molecule has 2 nitrogen and oxygen atoms in total. The molecular formula is C10H22N2S. The van der Waals surface area contributed by atoms with Crippen LogP contribution in [0.5, 0.6) is 0 Å². The van der Waals surface area contributed by atoms with Gasteiger partial charge in [-0.2, -0.15) is 0 Å². The summed E-state index contributed by atoms with van der Waals surface area (Å²) in [7, 11) is 0. The van der Waals surface area contributed by atoms with Crippen molar-refractivity contribution >= 4 is 12.1 Å². The molecule has 0 aromatic carbocycles. The van der Waals surface area contributed by atoms with Gasteiger partial charge in [-0.25, -0.2) is 9.44 Å². The van der Waals surface area contributed by atoms with E-state index in [1.54, 1.807) is 12.1 Å². The van der Waals surface area contributed by atoms with Crippen LogP contribution >= 0.6 is 12.1 Å². The molecule has 1 fully saturated rings. The first-order valence-corrected chi connectivity index (χ1v) is 6.17. The lowest BCUT2D eigenvalue weighted by molar-refractivity contribution is 0.336. The zero-order valence-corrected chi connectivity index (χ0v) is 9.79. The number of hydrogen-bond acceptors (Lipinski definition) is 3. The van der Waals surface area contributed by atoms with Crippen LogP contribution in [0, 0.1) is 5.92 Å². The summed E-state index contributed by atoms with van der Waals surface area (Å²) >= 11 is 1.67. The van der Waals surface area contributed by atoms with Gasteiger partial charge in [0.2, 0.25) is 0 Å². The Bertz CT molecular complexity index is 131. The van der Waals surface area contributed by atoms with Gasteiger partial charge in [0.05, 0.1) is 0 Å². The summed E-state index contributed by atoms with van der Waals surface area (Å²) in [6.45, 7) is 6.69. The molecule has 0 heterocycles. The van der Waals surface area contributed by atoms with Gasteiger partial charge in [-0.05, 0) is 45.4 Å². The monoisotopic (exact) mass is 202 g/mol. The van der Waals surface area contributed by atoms with Gasteiger partial charge in [0, 0.05) is 24.2 Å². The minimum absolute atomic E-state index is 0.556. The number of rotatable bonds is 4. The van der Waals surface area contributed by atoms with Crippen molar-refractivity contribution in [2.45, 2.75) is 58.5 Å². The molecule has 0 atom stereocenters. The molecule has 1 rings (SSSR count). The lowest BCUT2D eigenvalue weighted by Gasteiger charge is -2.26. The van der Waals surface area contributed by atoms with Crippen molar-refractivity contribution in [3.05, 3.63) is 0 Å². The van der Waals surface area contributed by atoms with Crippen molar-refractivity contribution in [2.75, 3.05) is 0 Å². The van der Waals surface area contributed by atoms with Gasteiger partial charge in [-0.15, -0.1) is 0 Å². The van der Waals surface area contributed by atoms with Crippen molar-refractivity contribution in [2.24, 2.45) is 5.92 Å². The van der Waals surface area contributed by atoms with Gasteiger partial charge < -0.3 is 0 Å². The highest BCUT2D eigenvalue weighted by Gasteiger charge is 2.17. The highest BCUT2D eigenvalue weighted by molar-refractivity contribution is 7.95. The average Bonchev–Trinajstić information content (AvgIpc) is 2.08. The minimum atomic E-state index is 0.556. The van der Waals surface area contributed by atoms with Crippen LogP contribution in [0.3, 0.4) is 0 Å². The third-order valence-electron chi connectivity index (χ3n) is 2.54. The molecule has 3 heteroatoms. The molecule has 0 aromatic rings. The molecule has 0 aliphatic heterocycles. The van der Waals surface area contributed by atoms with Gasteiger partial charge in [0.1, 0.15) is 0 Å². The van der Waals surface area contributed by atoms with E-state index in [1.807, 2.05) is 0 Å². The third-order valence-corrected chi connectivity index (χ3v) is 3.58. The molecule has 1 aliphatic rings. The molecule has 0 saturated heterocycles. The highest BCUT2D eigenvalue weighted by atomic mass is 32.2. The molecule has 78 valence electrons. The van der Waals surface area contributed by atoms with Crippen LogP contribution in [0.25, 0.3) is 0 Å². The first kappa shape index (κ1) is 11.3. The van der Waals surface area contributed by atoms with Gasteiger partial charge in [0.15, 0.2) is 0 Å². The van der Waals surface area contributed by atoms with Crippen LogP contribution in [-0.2, 0) is 0 Å². The van der Waals surface area contributed by atoms with E-state index in [-0.39, 0.29) is 0 Å². The Hall–Kier alpha value is 0.270. The largest absolute Gasteiger partial charge is 0.248 e. The Labute approximate surface area is 86.5 Å². The molecule has 0 spiro atoms. The summed E-state index contributed by atoms with van der Waals surface area (Å²) in [4.78, 5) is 0. The lowest BCUT2D eigenvalue weighted by Crippen LogP contribution is -2.31. The number of nitrogens with one attached hydrogen (secondary N) is 2. The normalized spacial score (nSPS) is 29.5. The second-order valence-corrected chi connectivity index (χ2v) is 5.12. The van der Waals surface area contributed by atoms with E-state index < -0.39 is 0 Å². The first-order chi connectivity index (χ1) is 6.18. The fourth-order valence-electron chi connectivity index (χ4n) is 1.61. The molecular weight excluding hydrogens is 180 g/mol. The zero-order valence-electron chi connectivity index (χ0n) is 8.97. The minimum Gasteiger partial charge on any atom is -0.248 e. The summed E-state index contributed by atoms with van der Waals surface area (Å²) < 4.78 is 6.79. The molecule has 0 radical (unpaired) electrons. The topological polar surface area (TPSA) is 24.1 Å². The SMILES string of the molecule is CC1CCC(NSNC(C)C)CC1. The molecule has 0 bridgehead atoms. The predicted molar refractivity (Wildman–Crippen MR) is 60.4 cm³/mol. The van der Waals surface area contributed by atoms with Crippen molar-refractivity contribution in [3.8, 4) is 0 Å². The Kier molecular flexibility index (Phi) is 5.14. The number of hydrogen-bond donors (Lipinski definition) is 2. The fourth-order valence-corrected chi connectivity index (χ4v) is 2.32. The van der Waals surface area contributed by atoms with E-state index in [2.05, 4.69) is 30.2 Å². The second-order valence-electron chi connectivity index (χ2n) is 4.45. The van der Waals surface area contributed by atoms with Crippen LogP contribution in [0.15, 0.2) is 0 Å². The van der Waals surface area contributed by atoms with E-state index in [0.717, 1.165) is 12.0 Å². The third kappa shape index (κ3) is 4.89. The van der Waals surface area contributed by atoms with Crippen LogP contribution in [-0.4, -0.2) is 12.1 Å². The maximum absolute atomic E-state index is 3.48. The van der Waals surface area contributed by atoms with E-state index in [4.69, 9.17) is 0 Å². The fraction of sp³-hybridized carbons (Fsp3) is 1.00. The Morgan fingerprint density at radius 2 is 1.77 bits per heavy atom. The summed E-state index contributed by atoms with van der Waals surface area (Å²) in [5.41, 5.74) is 0. The Morgan fingerprint density at radius 1 is 1.15 bits per heavy atom. The van der Waals surface area contributed by atoms with Crippen LogP contribution in [0.2, 0.25) is 0 Å². The Balaban J connectivity index is 2.02. The molecule has 2 N–H and O–H groups in total. The van der Waals surface area contributed by atoms with E-state index in [1.165, 1.54) is 25.7 Å². The lowest BCUT2D eigenvalue weighted by atomic mass is 9.88. The van der Waals surface area contributed by atoms with Gasteiger partial charge >= 0.3 is 0 Å².